The molecule has 0 bridgehead atoms. The van der Waals surface area contributed by atoms with E-state index in [-0.39, 0.29) is 23.2 Å². The molecule has 0 aromatic heterocycles. The molecule has 0 saturated heterocycles. The van der Waals surface area contributed by atoms with Crippen LogP contribution in [0.5, 0.6) is 0 Å². The van der Waals surface area contributed by atoms with Crippen molar-refractivity contribution in [2.45, 2.75) is 38.5 Å². The molecule has 3 nitrogen and oxygen atoms in total. The summed E-state index contributed by atoms with van der Waals surface area (Å²) in [7, 11) is 0. The van der Waals surface area contributed by atoms with Crippen molar-refractivity contribution in [1.29, 1.82) is 0 Å². The zero-order valence-electron chi connectivity index (χ0n) is 11.3. The highest BCUT2D eigenvalue weighted by Crippen LogP contribution is 2.38. The van der Waals surface area contributed by atoms with E-state index in [2.05, 4.69) is 5.32 Å². The zero-order chi connectivity index (χ0) is 15.5. The molecule has 0 fully saturated rings. The molecule has 4 N–H and O–H groups in total. The monoisotopic (exact) mass is 310 g/mol. The van der Waals surface area contributed by atoms with E-state index in [1.807, 2.05) is 13.8 Å². The molecule has 0 aliphatic heterocycles. The molecule has 0 aliphatic carbocycles. The third-order valence-corrected chi connectivity index (χ3v) is 3.45. The summed E-state index contributed by atoms with van der Waals surface area (Å²) in [5.74, 6) is 0. The van der Waals surface area contributed by atoms with Gasteiger partial charge in [-0.2, -0.15) is 13.2 Å². The Labute approximate surface area is 120 Å². The fourth-order valence-corrected chi connectivity index (χ4v) is 2.02. The van der Waals surface area contributed by atoms with E-state index in [9.17, 15) is 18.3 Å². The fraction of sp³-hybridized carbons (Fsp3) is 0.538. The van der Waals surface area contributed by atoms with E-state index in [4.69, 9.17) is 17.3 Å². The molecule has 0 amide bonds. The molecule has 20 heavy (non-hydrogen) atoms. The van der Waals surface area contributed by atoms with Crippen molar-refractivity contribution in [2.75, 3.05) is 12.3 Å². The smallest absolute Gasteiger partial charge is 0.397 e. The number of halogens is 4. The highest BCUT2D eigenvalue weighted by Gasteiger charge is 2.34. The van der Waals surface area contributed by atoms with Crippen LogP contribution in [-0.4, -0.2) is 17.8 Å². The summed E-state index contributed by atoms with van der Waals surface area (Å²) in [6.45, 7) is 3.48. The maximum absolute atomic E-state index is 12.9. The minimum absolute atomic E-state index is 0.0535. The summed E-state index contributed by atoms with van der Waals surface area (Å²) >= 11 is 5.76. The summed E-state index contributed by atoms with van der Waals surface area (Å²) < 4.78 is 38.6. The van der Waals surface area contributed by atoms with Crippen LogP contribution < -0.4 is 11.1 Å². The molecule has 114 valence electrons. The number of aliphatic hydroxyl groups is 1. The lowest BCUT2D eigenvalue weighted by Gasteiger charge is -2.23. The number of aliphatic hydroxyl groups excluding tert-OH is 1. The van der Waals surface area contributed by atoms with Gasteiger partial charge in [-0.1, -0.05) is 18.5 Å². The first-order chi connectivity index (χ1) is 9.20. The van der Waals surface area contributed by atoms with Crippen LogP contribution in [0.1, 0.15) is 37.4 Å². The Morgan fingerprint density at radius 2 is 2.00 bits per heavy atom. The number of rotatable bonds is 5. The lowest BCUT2D eigenvalue weighted by atomic mass is 10.0. The van der Waals surface area contributed by atoms with Gasteiger partial charge in [0.05, 0.1) is 28.9 Å². The normalized spacial score (nSPS) is 15.2. The molecular formula is C13H18ClF3N2O. The van der Waals surface area contributed by atoms with Gasteiger partial charge >= 0.3 is 6.18 Å². The third kappa shape index (κ3) is 4.01. The van der Waals surface area contributed by atoms with Gasteiger partial charge in [-0.05, 0) is 31.0 Å². The number of benzene rings is 1. The molecule has 1 aromatic rings. The van der Waals surface area contributed by atoms with Crippen molar-refractivity contribution in [2.24, 2.45) is 0 Å². The predicted octanol–water partition coefficient (Wildman–Crippen LogP) is 3.36. The molecule has 1 rings (SSSR count). The Hall–Kier alpha value is -0.980. The van der Waals surface area contributed by atoms with Crippen molar-refractivity contribution >= 4 is 17.3 Å². The molecule has 0 radical (unpaired) electrons. The van der Waals surface area contributed by atoms with Gasteiger partial charge in [0.25, 0.3) is 0 Å². The predicted molar refractivity (Wildman–Crippen MR) is 73.6 cm³/mol. The topological polar surface area (TPSA) is 58.3 Å². The second-order valence-electron chi connectivity index (χ2n) is 4.67. The fourth-order valence-electron chi connectivity index (χ4n) is 1.79. The minimum Gasteiger partial charge on any atom is -0.397 e. The molecule has 0 heterocycles. The molecule has 2 unspecified atom stereocenters. The second-order valence-corrected chi connectivity index (χ2v) is 5.08. The van der Waals surface area contributed by atoms with E-state index in [1.54, 1.807) is 0 Å². The van der Waals surface area contributed by atoms with Gasteiger partial charge < -0.3 is 16.2 Å². The standard InChI is InChI=1S/C13H18ClF3N2O/c1-3-7(2)19-11(6-20)8-4-9(13(15,16)17)12(18)10(14)5-8/h4-5,7,11,19-20H,3,6,18H2,1-2H3. The van der Waals surface area contributed by atoms with Gasteiger partial charge in [0, 0.05) is 6.04 Å². The Bertz CT molecular complexity index is 466. The molecule has 2 atom stereocenters. The van der Waals surface area contributed by atoms with Crippen LogP contribution in [0.2, 0.25) is 5.02 Å². The lowest BCUT2D eigenvalue weighted by Crippen LogP contribution is -2.32. The number of nitrogen functional groups attached to an aromatic ring is 1. The van der Waals surface area contributed by atoms with Crippen LogP contribution in [-0.2, 0) is 6.18 Å². The summed E-state index contributed by atoms with van der Waals surface area (Å²) in [5, 5.41) is 12.2. The average Bonchev–Trinajstić information content (AvgIpc) is 2.37. The van der Waals surface area contributed by atoms with Gasteiger partial charge in [0.2, 0.25) is 0 Å². The van der Waals surface area contributed by atoms with Crippen LogP contribution in [0, 0.1) is 0 Å². The van der Waals surface area contributed by atoms with E-state index in [0.717, 1.165) is 12.5 Å². The van der Waals surface area contributed by atoms with Gasteiger partial charge in [-0.3, -0.25) is 0 Å². The van der Waals surface area contributed by atoms with E-state index >= 15 is 0 Å². The van der Waals surface area contributed by atoms with Crippen molar-refractivity contribution in [1.82, 2.24) is 5.32 Å². The highest BCUT2D eigenvalue weighted by atomic mass is 35.5. The van der Waals surface area contributed by atoms with Crippen molar-refractivity contribution in [3.63, 3.8) is 0 Å². The zero-order valence-corrected chi connectivity index (χ0v) is 12.0. The quantitative estimate of drug-likeness (QED) is 0.731. The molecule has 0 saturated carbocycles. The van der Waals surface area contributed by atoms with Crippen molar-refractivity contribution < 1.29 is 18.3 Å². The molecule has 0 spiro atoms. The number of hydrogen-bond donors (Lipinski definition) is 3. The Kier molecular flexibility index (Phi) is 5.68. The summed E-state index contributed by atoms with van der Waals surface area (Å²) in [4.78, 5) is 0. The molecular weight excluding hydrogens is 293 g/mol. The average molecular weight is 311 g/mol. The number of alkyl halides is 3. The number of nitrogens with one attached hydrogen (secondary N) is 1. The lowest BCUT2D eigenvalue weighted by molar-refractivity contribution is -0.137. The number of nitrogens with two attached hydrogens (primary N) is 1. The second kappa shape index (κ2) is 6.65. The van der Waals surface area contributed by atoms with Crippen molar-refractivity contribution in [3.8, 4) is 0 Å². The maximum atomic E-state index is 12.9. The Morgan fingerprint density at radius 3 is 2.45 bits per heavy atom. The van der Waals surface area contributed by atoms with Crippen LogP contribution in [0.15, 0.2) is 12.1 Å². The summed E-state index contributed by atoms with van der Waals surface area (Å²) in [6, 6.07) is 1.71. The van der Waals surface area contributed by atoms with Gasteiger partial charge in [0.1, 0.15) is 0 Å². The molecule has 7 heteroatoms. The van der Waals surface area contributed by atoms with Crippen molar-refractivity contribution in [3.05, 3.63) is 28.3 Å². The van der Waals surface area contributed by atoms with Gasteiger partial charge in [0.15, 0.2) is 0 Å². The number of hydrogen-bond acceptors (Lipinski definition) is 3. The minimum atomic E-state index is -4.58. The first-order valence-corrected chi connectivity index (χ1v) is 6.61. The van der Waals surface area contributed by atoms with E-state index in [1.165, 1.54) is 6.07 Å². The first kappa shape index (κ1) is 17.1. The highest BCUT2D eigenvalue weighted by molar-refractivity contribution is 6.33. The summed E-state index contributed by atoms with van der Waals surface area (Å²) in [6.07, 6.45) is -3.80. The molecule has 0 aliphatic rings. The van der Waals surface area contributed by atoms with Crippen LogP contribution in [0.3, 0.4) is 0 Å². The largest absolute Gasteiger partial charge is 0.418 e. The Balaban J connectivity index is 3.21. The van der Waals surface area contributed by atoms with Gasteiger partial charge in [-0.15, -0.1) is 0 Å². The Morgan fingerprint density at radius 1 is 1.40 bits per heavy atom. The van der Waals surface area contributed by atoms with Crippen LogP contribution >= 0.6 is 11.6 Å². The summed E-state index contributed by atoms with van der Waals surface area (Å²) in [5.41, 5.74) is 4.16. The van der Waals surface area contributed by atoms with Gasteiger partial charge in [-0.25, -0.2) is 0 Å². The van der Waals surface area contributed by atoms with E-state index in [0.29, 0.717) is 0 Å². The molecule has 1 aromatic carbocycles. The van der Waals surface area contributed by atoms with E-state index < -0.39 is 23.5 Å². The first-order valence-electron chi connectivity index (χ1n) is 6.23. The SMILES string of the molecule is CCC(C)NC(CO)c1cc(Cl)c(N)c(C(F)(F)F)c1. The van der Waals surface area contributed by atoms with Crippen LogP contribution in [0.25, 0.3) is 0 Å². The number of anilines is 1. The maximum Gasteiger partial charge on any atom is 0.418 e. The van der Waals surface area contributed by atoms with Crippen LogP contribution in [0.4, 0.5) is 18.9 Å². The third-order valence-electron chi connectivity index (χ3n) is 3.14.